The van der Waals surface area contributed by atoms with Gasteiger partial charge < -0.3 is 10.1 Å². The maximum absolute atomic E-state index is 12.1. The van der Waals surface area contributed by atoms with E-state index >= 15 is 0 Å². The van der Waals surface area contributed by atoms with Crippen molar-refractivity contribution in [1.29, 1.82) is 0 Å². The molecule has 0 spiro atoms. The molecule has 0 amide bonds. The molecule has 1 aliphatic rings. The van der Waals surface area contributed by atoms with E-state index in [-0.39, 0.29) is 5.25 Å². The molecule has 1 fully saturated rings. The zero-order valence-corrected chi connectivity index (χ0v) is 12.1. The molecule has 0 radical (unpaired) electrons. The van der Waals surface area contributed by atoms with Gasteiger partial charge in [0.25, 0.3) is 0 Å². The first-order valence-electron chi connectivity index (χ1n) is 6.97. The van der Waals surface area contributed by atoms with Crippen LogP contribution >= 0.6 is 0 Å². The number of pyridine rings is 1. The molecule has 1 atom stereocenters. The highest BCUT2D eigenvalue weighted by molar-refractivity contribution is 7.92. The lowest BCUT2D eigenvalue weighted by molar-refractivity contribution is 0.534. The first-order chi connectivity index (χ1) is 9.62. The van der Waals surface area contributed by atoms with E-state index in [4.69, 9.17) is 5.73 Å². The lowest BCUT2D eigenvalue weighted by Gasteiger charge is -2.21. The Morgan fingerprint density at radius 2 is 2.25 bits per heavy atom. The van der Waals surface area contributed by atoms with Crippen molar-refractivity contribution in [2.24, 2.45) is 5.73 Å². The minimum absolute atomic E-state index is 0.289. The van der Waals surface area contributed by atoms with Crippen molar-refractivity contribution in [3.05, 3.63) is 35.9 Å². The Morgan fingerprint density at radius 1 is 1.40 bits per heavy atom. The van der Waals surface area contributed by atoms with Crippen LogP contribution in [-0.4, -0.2) is 28.8 Å². The maximum Gasteiger partial charge on any atom is 0.153 e. The van der Waals surface area contributed by atoms with Crippen LogP contribution in [0.3, 0.4) is 0 Å². The van der Waals surface area contributed by atoms with Gasteiger partial charge in [0.05, 0.1) is 22.7 Å². The third-order valence-electron chi connectivity index (χ3n) is 4.08. The quantitative estimate of drug-likeness (QED) is 0.925. The van der Waals surface area contributed by atoms with Gasteiger partial charge in [0.15, 0.2) is 9.84 Å². The van der Waals surface area contributed by atoms with Gasteiger partial charge in [-0.2, -0.15) is 0 Å². The summed E-state index contributed by atoms with van der Waals surface area (Å²) in [5, 5.41) is -0.289. The largest absolute Gasteiger partial charge is 0.326 e. The second-order valence-electron chi connectivity index (χ2n) is 5.36. The molecule has 0 aliphatic carbocycles. The predicted octanol–water partition coefficient (Wildman–Crippen LogP) is 1.30. The van der Waals surface area contributed by atoms with E-state index in [0.29, 0.717) is 18.7 Å². The molecular weight excluding hydrogens is 274 g/mol. The van der Waals surface area contributed by atoms with Gasteiger partial charge in [0.1, 0.15) is 5.82 Å². The van der Waals surface area contributed by atoms with Gasteiger partial charge in [-0.1, -0.05) is 12.5 Å². The number of nitrogens with two attached hydrogens (primary N) is 1. The Bertz CT molecular complexity index is 721. The highest BCUT2D eigenvalue weighted by Gasteiger charge is 2.30. The highest BCUT2D eigenvalue weighted by Crippen LogP contribution is 2.23. The summed E-state index contributed by atoms with van der Waals surface area (Å²) < 4.78 is 26.2. The lowest BCUT2D eigenvalue weighted by atomic mass is 10.1. The Hall–Kier alpha value is -1.40. The fourth-order valence-electron chi connectivity index (χ4n) is 2.91. The lowest BCUT2D eigenvalue weighted by Crippen LogP contribution is -2.30. The summed E-state index contributed by atoms with van der Waals surface area (Å²) in [6.45, 7) is 0.456. The molecule has 3 heterocycles. The van der Waals surface area contributed by atoms with Gasteiger partial charge in [0.2, 0.25) is 0 Å². The van der Waals surface area contributed by atoms with E-state index in [0.717, 1.165) is 36.2 Å². The van der Waals surface area contributed by atoms with Crippen LogP contribution in [0.4, 0.5) is 0 Å². The molecule has 0 aromatic carbocycles. The number of fused-ring (bicyclic) bond motifs is 1. The summed E-state index contributed by atoms with van der Waals surface area (Å²) in [4.78, 5) is 4.41. The summed E-state index contributed by atoms with van der Waals surface area (Å²) in [6, 6.07) is 3.90. The normalized spacial score (nSPS) is 22.1. The van der Waals surface area contributed by atoms with E-state index in [9.17, 15) is 8.42 Å². The molecule has 5 nitrogen and oxygen atoms in total. The number of hydrogen-bond donors (Lipinski definition) is 1. The van der Waals surface area contributed by atoms with Crippen LogP contribution in [-0.2, 0) is 22.8 Å². The predicted molar refractivity (Wildman–Crippen MR) is 78.2 cm³/mol. The van der Waals surface area contributed by atoms with Gasteiger partial charge in [-0.3, -0.25) is 0 Å². The van der Waals surface area contributed by atoms with Crippen LogP contribution in [0.1, 0.15) is 30.7 Å². The van der Waals surface area contributed by atoms with E-state index in [1.54, 1.807) is 6.20 Å². The number of rotatable bonds is 3. The Morgan fingerprint density at radius 3 is 3.00 bits per heavy atom. The van der Waals surface area contributed by atoms with Gasteiger partial charge in [-0.05, 0) is 24.5 Å². The number of hydrogen-bond acceptors (Lipinski definition) is 4. The van der Waals surface area contributed by atoms with Gasteiger partial charge in [-0.25, -0.2) is 13.4 Å². The number of aromatic nitrogens is 2. The topological polar surface area (TPSA) is 77.5 Å². The van der Waals surface area contributed by atoms with Crippen LogP contribution < -0.4 is 5.73 Å². The minimum Gasteiger partial charge on any atom is -0.326 e. The summed E-state index contributed by atoms with van der Waals surface area (Å²) in [5.74, 6) is 1.13. The molecule has 1 saturated heterocycles. The fraction of sp³-hybridized carbons (Fsp3) is 0.500. The molecule has 3 rings (SSSR count). The monoisotopic (exact) mass is 293 g/mol. The summed E-state index contributed by atoms with van der Waals surface area (Å²) in [6.07, 6.45) is 6.72. The number of nitrogens with zero attached hydrogens (tertiary/aromatic N) is 2. The zero-order chi connectivity index (χ0) is 14.2. The second kappa shape index (κ2) is 5.18. The second-order valence-corrected chi connectivity index (χ2v) is 7.76. The van der Waals surface area contributed by atoms with Crippen molar-refractivity contribution in [3.8, 4) is 0 Å². The molecular formula is C14H19N3O2S. The summed E-state index contributed by atoms with van der Waals surface area (Å²) in [5.41, 5.74) is 7.71. The van der Waals surface area contributed by atoms with E-state index in [2.05, 4.69) is 4.98 Å². The molecule has 1 unspecified atom stereocenters. The first kappa shape index (κ1) is 13.6. The van der Waals surface area contributed by atoms with E-state index in [1.807, 2.05) is 22.7 Å². The Labute approximate surface area is 118 Å². The SMILES string of the molecule is NCc1cccn2c(CC3CCCCS3(=O)=O)ncc12. The Kier molecular flexibility index (Phi) is 3.52. The number of imidazole rings is 1. The van der Waals surface area contributed by atoms with Gasteiger partial charge in [0, 0.05) is 19.2 Å². The minimum atomic E-state index is -2.96. The third-order valence-corrected chi connectivity index (χ3v) is 6.35. The molecule has 1 aliphatic heterocycles. The average Bonchev–Trinajstić information content (AvgIpc) is 2.84. The van der Waals surface area contributed by atoms with Crippen LogP contribution in [0, 0.1) is 0 Å². The van der Waals surface area contributed by atoms with Crippen molar-refractivity contribution in [3.63, 3.8) is 0 Å². The number of sulfone groups is 1. The summed E-state index contributed by atoms with van der Waals surface area (Å²) >= 11 is 0. The van der Waals surface area contributed by atoms with Crippen LogP contribution in [0.2, 0.25) is 0 Å². The van der Waals surface area contributed by atoms with Crippen molar-refractivity contribution >= 4 is 15.4 Å². The zero-order valence-electron chi connectivity index (χ0n) is 11.3. The molecule has 6 heteroatoms. The molecule has 0 saturated carbocycles. The molecule has 2 aromatic heterocycles. The third kappa shape index (κ3) is 2.33. The van der Waals surface area contributed by atoms with Gasteiger partial charge >= 0.3 is 0 Å². The van der Waals surface area contributed by atoms with Crippen molar-refractivity contribution in [2.75, 3.05) is 5.75 Å². The highest BCUT2D eigenvalue weighted by atomic mass is 32.2. The molecule has 0 bridgehead atoms. The van der Waals surface area contributed by atoms with Gasteiger partial charge in [-0.15, -0.1) is 0 Å². The molecule has 2 N–H and O–H groups in total. The van der Waals surface area contributed by atoms with E-state index in [1.165, 1.54) is 0 Å². The van der Waals surface area contributed by atoms with Crippen molar-refractivity contribution in [2.45, 2.75) is 37.5 Å². The Balaban J connectivity index is 1.95. The van der Waals surface area contributed by atoms with Crippen LogP contribution in [0.15, 0.2) is 24.5 Å². The van der Waals surface area contributed by atoms with Crippen molar-refractivity contribution < 1.29 is 8.42 Å². The van der Waals surface area contributed by atoms with Crippen molar-refractivity contribution in [1.82, 2.24) is 9.38 Å². The average molecular weight is 293 g/mol. The molecule has 108 valence electrons. The smallest absolute Gasteiger partial charge is 0.153 e. The maximum atomic E-state index is 12.1. The standard InChI is InChI=1S/C14H19N3O2S/c15-9-11-4-3-6-17-13(11)10-16-14(17)8-12-5-1-2-7-20(12,18)19/h3-4,6,10,12H,1-2,5,7-9,15H2. The fourth-order valence-corrected chi connectivity index (χ4v) is 4.78. The molecule has 2 aromatic rings. The van der Waals surface area contributed by atoms with Crippen LogP contribution in [0.5, 0.6) is 0 Å². The summed E-state index contributed by atoms with van der Waals surface area (Å²) in [7, 11) is -2.96. The first-order valence-corrected chi connectivity index (χ1v) is 8.69. The van der Waals surface area contributed by atoms with E-state index < -0.39 is 9.84 Å². The molecule has 20 heavy (non-hydrogen) atoms. The van der Waals surface area contributed by atoms with Crippen LogP contribution in [0.25, 0.3) is 5.52 Å².